The van der Waals surface area contributed by atoms with Crippen LogP contribution in [0.4, 0.5) is 18.9 Å². The third-order valence-corrected chi connectivity index (χ3v) is 4.25. The van der Waals surface area contributed by atoms with Crippen molar-refractivity contribution in [2.75, 3.05) is 25.0 Å². The minimum absolute atomic E-state index is 0. The predicted molar refractivity (Wildman–Crippen MR) is 93.2 cm³/mol. The highest BCUT2D eigenvalue weighted by molar-refractivity contribution is 5.92. The van der Waals surface area contributed by atoms with Gasteiger partial charge in [-0.25, -0.2) is 0 Å². The number of piperidine rings is 1. The molecule has 1 amide bonds. The Balaban J connectivity index is 0.00000312. The van der Waals surface area contributed by atoms with E-state index in [1.54, 1.807) is 18.2 Å². The molecule has 1 saturated heterocycles. The van der Waals surface area contributed by atoms with E-state index in [2.05, 4.69) is 10.6 Å². The molecular weight excluding hydrogens is 357 g/mol. The SMILES string of the molecule is CC(CC(=O)Nc1ccccc1OCC(F)(F)F)C1CCNCC1.Cl. The number of nitrogens with one attached hydrogen (secondary N) is 2. The Bertz CT molecular complexity index is 549. The number of rotatable bonds is 6. The van der Waals surface area contributed by atoms with Crippen molar-refractivity contribution in [1.82, 2.24) is 5.32 Å². The summed E-state index contributed by atoms with van der Waals surface area (Å²) in [6.07, 6.45) is -1.99. The van der Waals surface area contributed by atoms with Crippen molar-refractivity contribution < 1.29 is 22.7 Å². The van der Waals surface area contributed by atoms with Crippen LogP contribution in [0.5, 0.6) is 5.75 Å². The lowest BCUT2D eigenvalue weighted by Gasteiger charge is -2.28. The van der Waals surface area contributed by atoms with Gasteiger partial charge >= 0.3 is 6.18 Å². The fourth-order valence-corrected chi connectivity index (χ4v) is 2.93. The second-order valence-electron chi connectivity index (χ2n) is 6.22. The van der Waals surface area contributed by atoms with Crippen LogP contribution in [0.3, 0.4) is 0 Å². The second-order valence-corrected chi connectivity index (χ2v) is 6.22. The van der Waals surface area contributed by atoms with Crippen LogP contribution in [0.25, 0.3) is 0 Å². The average molecular weight is 381 g/mol. The molecule has 1 atom stereocenters. The summed E-state index contributed by atoms with van der Waals surface area (Å²) >= 11 is 0. The number of benzene rings is 1. The fraction of sp³-hybridized carbons (Fsp3) is 0.588. The molecule has 1 aliphatic heterocycles. The monoisotopic (exact) mass is 380 g/mol. The van der Waals surface area contributed by atoms with E-state index in [1.807, 2.05) is 6.92 Å². The summed E-state index contributed by atoms with van der Waals surface area (Å²) in [4.78, 5) is 12.2. The molecule has 0 spiro atoms. The van der Waals surface area contributed by atoms with Crippen LogP contribution >= 0.6 is 12.4 Å². The van der Waals surface area contributed by atoms with Gasteiger partial charge in [0, 0.05) is 6.42 Å². The molecule has 0 aromatic heterocycles. The van der Waals surface area contributed by atoms with Gasteiger partial charge in [-0.05, 0) is 49.9 Å². The van der Waals surface area contributed by atoms with Crippen LogP contribution < -0.4 is 15.4 Å². The highest BCUT2D eigenvalue weighted by Crippen LogP contribution is 2.28. The minimum atomic E-state index is -4.42. The topological polar surface area (TPSA) is 50.4 Å². The van der Waals surface area contributed by atoms with Gasteiger partial charge in [-0.3, -0.25) is 4.79 Å². The van der Waals surface area contributed by atoms with Gasteiger partial charge in [-0.15, -0.1) is 12.4 Å². The van der Waals surface area contributed by atoms with Crippen molar-refractivity contribution in [3.63, 3.8) is 0 Å². The lowest BCUT2D eigenvalue weighted by atomic mass is 9.84. The van der Waals surface area contributed by atoms with E-state index in [4.69, 9.17) is 4.74 Å². The van der Waals surface area contributed by atoms with Crippen molar-refractivity contribution >= 4 is 24.0 Å². The lowest BCUT2D eigenvalue weighted by molar-refractivity contribution is -0.153. The van der Waals surface area contributed by atoms with Crippen LogP contribution in [-0.4, -0.2) is 31.8 Å². The van der Waals surface area contributed by atoms with E-state index in [0.29, 0.717) is 12.3 Å². The molecule has 1 fully saturated rings. The van der Waals surface area contributed by atoms with E-state index >= 15 is 0 Å². The first kappa shape index (κ1) is 21.6. The molecule has 8 heteroatoms. The molecule has 1 unspecified atom stereocenters. The standard InChI is InChI=1S/C17H23F3N2O2.ClH/c1-12(13-6-8-21-9-7-13)10-16(23)22-14-4-2-3-5-15(14)24-11-17(18,19)20;/h2-5,12-13,21H,6-11H2,1H3,(H,22,23);1H. The number of para-hydroxylation sites is 2. The van der Waals surface area contributed by atoms with Crippen LogP contribution in [0, 0.1) is 11.8 Å². The third kappa shape index (κ3) is 7.52. The van der Waals surface area contributed by atoms with E-state index in [1.165, 1.54) is 6.07 Å². The summed E-state index contributed by atoms with van der Waals surface area (Å²) in [5.41, 5.74) is 0.268. The first-order valence-electron chi connectivity index (χ1n) is 8.14. The van der Waals surface area contributed by atoms with Crippen LogP contribution in [-0.2, 0) is 4.79 Å². The summed E-state index contributed by atoms with van der Waals surface area (Å²) in [6, 6.07) is 6.17. The molecule has 1 heterocycles. The molecule has 1 aromatic rings. The van der Waals surface area contributed by atoms with Gasteiger partial charge in [-0.2, -0.15) is 13.2 Å². The Hall–Kier alpha value is -1.47. The van der Waals surface area contributed by atoms with Crippen LogP contribution in [0.15, 0.2) is 24.3 Å². The molecule has 0 bridgehead atoms. The Labute approximate surface area is 151 Å². The van der Waals surface area contributed by atoms with Gasteiger partial charge in [0.15, 0.2) is 6.61 Å². The van der Waals surface area contributed by atoms with Gasteiger partial charge in [0.05, 0.1) is 5.69 Å². The van der Waals surface area contributed by atoms with E-state index in [9.17, 15) is 18.0 Å². The maximum Gasteiger partial charge on any atom is 0.422 e. The van der Waals surface area contributed by atoms with Crippen molar-refractivity contribution in [3.05, 3.63) is 24.3 Å². The summed E-state index contributed by atoms with van der Waals surface area (Å²) in [5.74, 6) is 0.547. The zero-order chi connectivity index (χ0) is 17.6. The second kappa shape index (κ2) is 9.87. The molecule has 2 rings (SSSR count). The molecule has 25 heavy (non-hydrogen) atoms. The summed E-state index contributed by atoms with van der Waals surface area (Å²) in [6.45, 7) is 2.59. The highest BCUT2D eigenvalue weighted by atomic mass is 35.5. The lowest BCUT2D eigenvalue weighted by Crippen LogP contribution is -2.32. The first-order chi connectivity index (χ1) is 11.3. The summed E-state index contributed by atoms with van der Waals surface area (Å²) in [7, 11) is 0. The maximum absolute atomic E-state index is 12.3. The van der Waals surface area contributed by atoms with Crippen LogP contribution in [0.2, 0.25) is 0 Å². The predicted octanol–water partition coefficient (Wildman–Crippen LogP) is 4.01. The smallest absolute Gasteiger partial charge is 0.422 e. The molecule has 2 N–H and O–H groups in total. The summed E-state index contributed by atoms with van der Waals surface area (Å²) in [5, 5.41) is 5.96. The van der Waals surface area contributed by atoms with Gasteiger partial charge in [0.2, 0.25) is 5.91 Å². The Morgan fingerprint density at radius 1 is 1.32 bits per heavy atom. The molecule has 4 nitrogen and oxygen atoms in total. The third-order valence-electron chi connectivity index (χ3n) is 4.25. The zero-order valence-corrected chi connectivity index (χ0v) is 14.9. The van der Waals surface area contributed by atoms with Crippen molar-refractivity contribution in [3.8, 4) is 5.75 Å². The maximum atomic E-state index is 12.3. The number of carbonyl (C=O) groups is 1. The van der Waals surface area contributed by atoms with Gasteiger partial charge in [0.1, 0.15) is 5.75 Å². The Morgan fingerprint density at radius 3 is 2.60 bits per heavy atom. The number of amides is 1. The van der Waals surface area contributed by atoms with Crippen LogP contribution in [0.1, 0.15) is 26.2 Å². The molecule has 1 aromatic carbocycles. The minimum Gasteiger partial charge on any atom is -0.482 e. The number of ether oxygens (including phenoxy) is 1. The van der Waals surface area contributed by atoms with E-state index < -0.39 is 12.8 Å². The Kier molecular flexibility index (Phi) is 8.52. The van der Waals surface area contributed by atoms with Gasteiger partial charge < -0.3 is 15.4 Å². The number of alkyl halides is 3. The Morgan fingerprint density at radius 2 is 1.96 bits per heavy atom. The number of anilines is 1. The molecular formula is C17H24ClF3N2O2. The number of carbonyl (C=O) groups excluding carboxylic acids is 1. The van der Waals surface area contributed by atoms with Crippen molar-refractivity contribution in [1.29, 1.82) is 0 Å². The normalized spacial score (nSPS) is 16.6. The largest absolute Gasteiger partial charge is 0.482 e. The summed E-state index contributed by atoms with van der Waals surface area (Å²) < 4.78 is 41.7. The zero-order valence-electron chi connectivity index (χ0n) is 14.1. The number of hydrogen-bond donors (Lipinski definition) is 2. The molecule has 1 aliphatic rings. The van der Waals surface area contributed by atoms with Crippen molar-refractivity contribution in [2.45, 2.75) is 32.4 Å². The van der Waals surface area contributed by atoms with Crippen molar-refractivity contribution in [2.24, 2.45) is 11.8 Å². The fourth-order valence-electron chi connectivity index (χ4n) is 2.93. The highest BCUT2D eigenvalue weighted by Gasteiger charge is 2.29. The van der Waals surface area contributed by atoms with Gasteiger partial charge in [-0.1, -0.05) is 19.1 Å². The molecule has 0 radical (unpaired) electrons. The molecule has 0 saturated carbocycles. The number of hydrogen-bond acceptors (Lipinski definition) is 3. The van der Waals surface area contributed by atoms with Gasteiger partial charge in [0.25, 0.3) is 0 Å². The number of halogens is 4. The quantitative estimate of drug-likeness (QED) is 0.783. The van der Waals surface area contributed by atoms with E-state index in [-0.39, 0.29) is 35.7 Å². The molecule has 142 valence electrons. The van der Waals surface area contributed by atoms with E-state index in [0.717, 1.165) is 25.9 Å². The average Bonchev–Trinajstić information content (AvgIpc) is 2.54. The molecule has 0 aliphatic carbocycles. The first-order valence-corrected chi connectivity index (χ1v) is 8.14.